The fourth-order valence-corrected chi connectivity index (χ4v) is 2.35. The van der Waals surface area contributed by atoms with E-state index in [9.17, 15) is 18.0 Å². The third kappa shape index (κ3) is 2.31. The van der Waals surface area contributed by atoms with E-state index in [4.69, 9.17) is 0 Å². The number of carbonyl (C=O) groups excluding carboxylic acids is 1. The summed E-state index contributed by atoms with van der Waals surface area (Å²) in [6.07, 6.45) is -1.99. The SMILES string of the molecule is O=Cc1cccc2c1ccn2-c1cccc(C(F)(F)F)c1. The lowest BCUT2D eigenvalue weighted by atomic mass is 10.1. The second kappa shape index (κ2) is 4.77. The molecule has 0 saturated heterocycles. The van der Waals surface area contributed by atoms with Gasteiger partial charge in [0.05, 0.1) is 11.1 Å². The van der Waals surface area contributed by atoms with E-state index < -0.39 is 11.7 Å². The first kappa shape index (κ1) is 13.4. The molecule has 0 fully saturated rings. The Morgan fingerprint density at radius 2 is 1.76 bits per heavy atom. The van der Waals surface area contributed by atoms with Crippen LogP contribution in [0.3, 0.4) is 0 Å². The molecule has 0 unspecified atom stereocenters. The van der Waals surface area contributed by atoms with Crippen LogP contribution in [0.15, 0.2) is 54.7 Å². The minimum Gasteiger partial charge on any atom is -0.317 e. The Balaban J connectivity index is 2.20. The number of aromatic nitrogens is 1. The van der Waals surface area contributed by atoms with Crippen LogP contribution in [0.2, 0.25) is 0 Å². The highest BCUT2D eigenvalue weighted by Crippen LogP contribution is 2.31. The largest absolute Gasteiger partial charge is 0.416 e. The number of hydrogen-bond donors (Lipinski definition) is 0. The van der Waals surface area contributed by atoms with Crippen molar-refractivity contribution in [3.05, 3.63) is 65.9 Å². The van der Waals surface area contributed by atoms with E-state index >= 15 is 0 Å². The second-order valence-electron chi connectivity index (χ2n) is 4.63. The summed E-state index contributed by atoms with van der Waals surface area (Å²) >= 11 is 0. The summed E-state index contributed by atoms with van der Waals surface area (Å²) in [5, 5.41) is 0.713. The zero-order valence-corrected chi connectivity index (χ0v) is 10.8. The van der Waals surface area contributed by atoms with Crippen LogP contribution in [0.25, 0.3) is 16.6 Å². The molecule has 0 bridgehead atoms. The monoisotopic (exact) mass is 289 g/mol. The van der Waals surface area contributed by atoms with Gasteiger partial charge in [0.15, 0.2) is 6.29 Å². The molecule has 0 spiro atoms. The molecule has 2 aromatic carbocycles. The summed E-state index contributed by atoms with van der Waals surface area (Å²) in [6.45, 7) is 0. The standard InChI is InChI=1S/C16H10F3NO/c17-16(18,19)12-4-2-5-13(9-12)20-8-7-14-11(10-21)3-1-6-15(14)20/h1-10H. The molecule has 0 amide bonds. The third-order valence-electron chi connectivity index (χ3n) is 3.35. The number of hydrogen-bond acceptors (Lipinski definition) is 1. The van der Waals surface area contributed by atoms with Crippen molar-refractivity contribution in [3.8, 4) is 5.69 Å². The van der Waals surface area contributed by atoms with Gasteiger partial charge < -0.3 is 4.57 Å². The van der Waals surface area contributed by atoms with E-state index in [0.717, 1.165) is 18.4 Å². The zero-order chi connectivity index (χ0) is 15.0. The van der Waals surface area contributed by atoms with Gasteiger partial charge in [0.25, 0.3) is 0 Å². The molecule has 0 aliphatic heterocycles. The lowest BCUT2D eigenvalue weighted by Crippen LogP contribution is -2.05. The molecule has 2 nitrogen and oxygen atoms in total. The first-order valence-corrected chi connectivity index (χ1v) is 6.23. The number of benzene rings is 2. The molecule has 3 rings (SSSR count). The Labute approximate surface area is 118 Å². The summed E-state index contributed by atoms with van der Waals surface area (Å²) in [7, 11) is 0. The van der Waals surface area contributed by atoms with Crippen molar-refractivity contribution in [2.24, 2.45) is 0 Å². The highest BCUT2D eigenvalue weighted by atomic mass is 19.4. The van der Waals surface area contributed by atoms with Gasteiger partial charge in [0.2, 0.25) is 0 Å². The van der Waals surface area contributed by atoms with E-state index in [-0.39, 0.29) is 0 Å². The van der Waals surface area contributed by atoms with Gasteiger partial charge in [0.1, 0.15) is 0 Å². The quantitative estimate of drug-likeness (QED) is 0.638. The molecule has 5 heteroatoms. The van der Waals surface area contributed by atoms with Crippen molar-refractivity contribution in [3.63, 3.8) is 0 Å². The van der Waals surface area contributed by atoms with Crippen molar-refractivity contribution in [2.75, 3.05) is 0 Å². The summed E-state index contributed by atoms with van der Waals surface area (Å²) < 4.78 is 40.0. The highest BCUT2D eigenvalue weighted by molar-refractivity contribution is 5.97. The number of fused-ring (bicyclic) bond motifs is 1. The minimum atomic E-state index is -4.38. The lowest BCUT2D eigenvalue weighted by Gasteiger charge is -2.10. The summed E-state index contributed by atoms with van der Waals surface area (Å²) in [5.74, 6) is 0. The molecule has 0 N–H and O–H groups in total. The number of carbonyl (C=O) groups is 1. The molecule has 0 saturated carbocycles. The summed E-state index contributed by atoms with van der Waals surface area (Å²) in [6, 6.07) is 12.0. The smallest absolute Gasteiger partial charge is 0.317 e. The Morgan fingerprint density at radius 1 is 1.00 bits per heavy atom. The maximum Gasteiger partial charge on any atom is 0.416 e. The third-order valence-corrected chi connectivity index (χ3v) is 3.35. The number of halogens is 3. The van der Waals surface area contributed by atoms with Crippen molar-refractivity contribution in [2.45, 2.75) is 6.18 Å². The number of aldehydes is 1. The number of nitrogens with zero attached hydrogens (tertiary/aromatic N) is 1. The fraction of sp³-hybridized carbons (Fsp3) is 0.0625. The molecule has 1 heterocycles. The molecular formula is C16H10F3NO. The van der Waals surface area contributed by atoms with E-state index in [1.807, 2.05) is 0 Å². The normalized spacial score (nSPS) is 11.8. The Hall–Kier alpha value is -2.56. The Bertz CT molecular complexity index is 818. The van der Waals surface area contributed by atoms with Crippen LogP contribution >= 0.6 is 0 Å². The van der Waals surface area contributed by atoms with Gasteiger partial charge in [-0.15, -0.1) is 0 Å². The average molecular weight is 289 g/mol. The first-order chi connectivity index (χ1) is 10.0. The van der Waals surface area contributed by atoms with Crippen LogP contribution in [-0.2, 0) is 6.18 Å². The number of rotatable bonds is 2. The topological polar surface area (TPSA) is 22.0 Å². The van der Waals surface area contributed by atoms with Gasteiger partial charge in [-0.05, 0) is 30.3 Å². The maximum absolute atomic E-state index is 12.8. The van der Waals surface area contributed by atoms with Crippen LogP contribution in [0.5, 0.6) is 0 Å². The Kier molecular flexibility index (Phi) is 3.05. The first-order valence-electron chi connectivity index (χ1n) is 6.23. The Morgan fingerprint density at radius 3 is 2.48 bits per heavy atom. The molecule has 106 valence electrons. The van der Waals surface area contributed by atoms with E-state index in [1.165, 1.54) is 6.07 Å². The molecule has 21 heavy (non-hydrogen) atoms. The summed E-state index contributed by atoms with van der Waals surface area (Å²) in [4.78, 5) is 11.0. The molecule has 0 radical (unpaired) electrons. The van der Waals surface area contributed by atoms with Crippen LogP contribution in [0, 0.1) is 0 Å². The van der Waals surface area contributed by atoms with Gasteiger partial charge in [-0.25, -0.2) is 0 Å². The molecule has 1 aromatic heterocycles. The van der Waals surface area contributed by atoms with Gasteiger partial charge in [-0.2, -0.15) is 13.2 Å². The minimum absolute atomic E-state index is 0.405. The fourth-order valence-electron chi connectivity index (χ4n) is 2.35. The van der Waals surface area contributed by atoms with E-state index in [2.05, 4.69) is 0 Å². The molecule has 0 aliphatic rings. The second-order valence-corrected chi connectivity index (χ2v) is 4.63. The van der Waals surface area contributed by atoms with Crippen LogP contribution in [0.4, 0.5) is 13.2 Å². The predicted octanol–water partition coefficient (Wildman–Crippen LogP) is 4.46. The predicted molar refractivity (Wildman–Crippen MR) is 73.7 cm³/mol. The molecule has 3 aromatic rings. The van der Waals surface area contributed by atoms with Crippen molar-refractivity contribution >= 4 is 17.2 Å². The van der Waals surface area contributed by atoms with Crippen LogP contribution < -0.4 is 0 Å². The van der Waals surface area contributed by atoms with Gasteiger partial charge in [-0.3, -0.25) is 4.79 Å². The average Bonchev–Trinajstić information content (AvgIpc) is 2.90. The van der Waals surface area contributed by atoms with Crippen molar-refractivity contribution < 1.29 is 18.0 Å². The maximum atomic E-state index is 12.8. The highest BCUT2D eigenvalue weighted by Gasteiger charge is 2.30. The van der Waals surface area contributed by atoms with Crippen LogP contribution in [0.1, 0.15) is 15.9 Å². The molecular weight excluding hydrogens is 279 g/mol. The van der Waals surface area contributed by atoms with Crippen molar-refractivity contribution in [1.82, 2.24) is 4.57 Å². The zero-order valence-electron chi connectivity index (χ0n) is 10.8. The van der Waals surface area contributed by atoms with Crippen molar-refractivity contribution in [1.29, 1.82) is 0 Å². The summed E-state index contributed by atoms with van der Waals surface area (Å²) in [5.41, 5.74) is 0.911. The van der Waals surface area contributed by atoms with Crippen LogP contribution in [-0.4, -0.2) is 10.9 Å². The molecule has 0 aliphatic carbocycles. The van der Waals surface area contributed by atoms with Gasteiger partial charge in [0, 0.05) is 22.8 Å². The van der Waals surface area contributed by atoms with Gasteiger partial charge >= 0.3 is 6.18 Å². The number of alkyl halides is 3. The molecule has 0 atom stereocenters. The van der Waals surface area contributed by atoms with E-state index in [0.29, 0.717) is 22.2 Å². The van der Waals surface area contributed by atoms with Gasteiger partial charge in [-0.1, -0.05) is 18.2 Å². The van der Waals surface area contributed by atoms with E-state index in [1.54, 1.807) is 41.1 Å². The lowest BCUT2D eigenvalue weighted by molar-refractivity contribution is -0.137.